The second-order valence-electron chi connectivity index (χ2n) is 5.24. The molecule has 1 aliphatic rings. The fraction of sp³-hybridized carbons (Fsp3) is 0.375. The number of benzene rings is 1. The second kappa shape index (κ2) is 5.75. The third-order valence-electron chi connectivity index (χ3n) is 4.04. The fourth-order valence-corrected chi connectivity index (χ4v) is 3.48. The van der Waals surface area contributed by atoms with Gasteiger partial charge in [-0.05, 0) is 30.4 Å². The zero-order valence-electron chi connectivity index (χ0n) is 11.6. The molecule has 3 rings (SSSR count). The molecule has 1 atom stereocenters. The van der Waals surface area contributed by atoms with Crippen molar-refractivity contribution in [2.24, 2.45) is 0 Å². The van der Waals surface area contributed by atoms with E-state index in [0.29, 0.717) is 6.42 Å². The van der Waals surface area contributed by atoms with E-state index in [1.165, 1.54) is 11.1 Å². The van der Waals surface area contributed by atoms with Crippen molar-refractivity contribution >= 4 is 17.2 Å². The van der Waals surface area contributed by atoms with Crippen LogP contribution >= 0.6 is 11.3 Å². The maximum atomic E-state index is 12.3. The van der Waals surface area contributed by atoms with Crippen LogP contribution in [0.1, 0.15) is 35.7 Å². The van der Waals surface area contributed by atoms with Crippen LogP contribution in [0.4, 0.5) is 0 Å². The number of hydrogen-bond donors (Lipinski definition) is 0. The monoisotopic (exact) mass is 286 g/mol. The van der Waals surface area contributed by atoms with Crippen LogP contribution in [0.3, 0.4) is 0 Å². The van der Waals surface area contributed by atoms with Crippen LogP contribution in [0.15, 0.2) is 35.2 Å². The minimum absolute atomic E-state index is 0.208. The molecule has 0 radical (unpaired) electrons. The van der Waals surface area contributed by atoms with Gasteiger partial charge in [0.25, 0.3) is 0 Å². The molecule has 0 fully saturated rings. The van der Waals surface area contributed by atoms with Crippen molar-refractivity contribution in [1.29, 1.82) is 0 Å². The molecule has 104 valence electrons. The van der Waals surface area contributed by atoms with Gasteiger partial charge in [0.2, 0.25) is 5.91 Å². The van der Waals surface area contributed by atoms with E-state index in [1.54, 1.807) is 11.3 Å². The van der Waals surface area contributed by atoms with Crippen LogP contribution in [0.2, 0.25) is 0 Å². The van der Waals surface area contributed by atoms with E-state index >= 15 is 0 Å². The van der Waals surface area contributed by atoms with Gasteiger partial charge in [-0.15, -0.1) is 11.3 Å². The zero-order valence-corrected chi connectivity index (χ0v) is 12.4. The lowest BCUT2D eigenvalue weighted by atomic mass is 10.1. The summed E-state index contributed by atoms with van der Waals surface area (Å²) in [5.74, 6) is 0.208. The first-order valence-electron chi connectivity index (χ1n) is 6.96. The lowest BCUT2D eigenvalue weighted by molar-refractivity contribution is -0.132. The van der Waals surface area contributed by atoms with Gasteiger partial charge in [0.15, 0.2) is 0 Å². The van der Waals surface area contributed by atoms with Crippen molar-refractivity contribution in [3.63, 3.8) is 0 Å². The fourth-order valence-electron chi connectivity index (χ4n) is 2.88. The largest absolute Gasteiger partial charge is 0.339 e. The molecule has 1 unspecified atom stereocenters. The Morgan fingerprint density at radius 2 is 2.30 bits per heavy atom. The predicted molar refractivity (Wildman–Crippen MR) is 80.7 cm³/mol. The van der Waals surface area contributed by atoms with Crippen molar-refractivity contribution < 1.29 is 4.79 Å². The highest BCUT2D eigenvalue weighted by Gasteiger charge is 2.27. The van der Waals surface area contributed by atoms with Gasteiger partial charge < -0.3 is 4.90 Å². The smallest absolute Gasteiger partial charge is 0.223 e. The number of rotatable bonds is 4. The summed E-state index contributed by atoms with van der Waals surface area (Å²) in [5, 5.41) is 2.01. The summed E-state index contributed by atoms with van der Waals surface area (Å²) in [7, 11) is 1.93. The third-order valence-corrected chi connectivity index (χ3v) is 4.68. The number of hydrogen-bond acceptors (Lipinski definition) is 3. The standard InChI is InChI=1S/C16H18N2OS/c1-18(16(19)9-7-13-10-20-11-17-13)15-8-6-12-4-2-3-5-14(12)15/h2-5,10-11,15H,6-9H2,1H3. The number of nitrogens with zero attached hydrogens (tertiary/aromatic N) is 2. The summed E-state index contributed by atoms with van der Waals surface area (Å²) in [6.45, 7) is 0. The number of aromatic nitrogens is 1. The lowest BCUT2D eigenvalue weighted by Gasteiger charge is -2.25. The molecule has 0 N–H and O–H groups in total. The highest BCUT2D eigenvalue weighted by molar-refractivity contribution is 7.07. The van der Waals surface area contributed by atoms with Gasteiger partial charge in [-0.3, -0.25) is 4.79 Å². The van der Waals surface area contributed by atoms with Crippen molar-refractivity contribution in [1.82, 2.24) is 9.88 Å². The molecule has 2 aromatic rings. The average molecular weight is 286 g/mol. The molecule has 3 nitrogen and oxygen atoms in total. The first-order chi connectivity index (χ1) is 9.75. The molecule has 1 aliphatic carbocycles. The van der Waals surface area contributed by atoms with E-state index in [-0.39, 0.29) is 11.9 Å². The number of carbonyl (C=O) groups excluding carboxylic acids is 1. The normalized spacial score (nSPS) is 16.9. The summed E-state index contributed by atoms with van der Waals surface area (Å²) in [4.78, 5) is 18.5. The van der Waals surface area contributed by atoms with Crippen molar-refractivity contribution in [3.05, 3.63) is 52.0 Å². The molecule has 1 heterocycles. The van der Waals surface area contributed by atoms with Gasteiger partial charge >= 0.3 is 0 Å². The van der Waals surface area contributed by atoms with Gasteiger partial charge in [0.05, 0.1) is 17.2 Å². The molecule has 4 heteroatoms. The molecular weight excluding hydrogens is 268 g/mol. The highest BCUT2D eigenvalue weighted by atomic mass is 32.1. The van der Waals surface area contributed by atoms with Crippen LogP contribution in [0.25, 0.3) is 0 Å². The highest BCUT2D eigenvalue weighted by Crippen LogP contribution is 2.35. The molecule has 0 bridgehead atoms. The molecular formula is C16H18N2OS. The minimum atomic E-state index is 0.208. The predicted octanol–water partition coefficient (Wildman–Crippen LogP) is 3.22. The van der Waals surface area contributed by atoms with Crippen molar-refractivity contribution in [2.75, 3.05) is 7.05 Å². The van der Waals surface area contributed by atoms with Crippen molar-refractivity contribution in [3.8, 4) is 0 Å². The Kier molecular flexibility index (Phi) is 3.83. The molecule has 1 aromatic carbocycles. The zero-order chi connectivity index (χ0) is 13.9. The van der Waals surface area contributed by atoms with Crippen LogP contribution < -0.4 is 0 Å². The van der Waals surface area contributed by atoms with E-state index < -0.39 is 0 Å². The topological polar surface area (TPSA) is 33.2 Å². The Labute approximate surface area is 123 Å². The number of fused-ring (bicyclic) bond motifs is 1. The molecule has 1 aromatic heterocycles. The van der Waals surface area contributed by atoms with Gasteiger partial charge in [-0.1, -0.05) is 24.3 Å². The van der Waals surface area contributed by atoms with E-state index in [4.69, 9.17) is 0 Å². The third kappa shape index (κ3) is 2.61. The minimum Gasteiger partial charge on any atom is -0.339 e. The number of thiazole rings is 1. The Bertz CT molecular complexity index is 594. The summed E-state index contributed by atoms with van der Waals surface area (Å²) < 4.78 is 0. The average Bonchev–Trinajstić information content (AvgIpc) is 3.13. The Hall–Kier alpha value is -1.68. The molecule has 0 saturated carbocycles. The van der Waals surface area contributed by atoms with Gasteiger partial charge in [-0.2, -0.15) is 0 Å². The molecule has 20 heavy (non-hydrogen) atoms. The van der Waals surface area contributed by atoms with E-state index in [1.807, 2.05) is 22.8 Å². The molecule has 0 spiro atoms. The first-order valence-corrected chi connectivity index (χ1v) is 7.90. The maximum absolute atomic E-state index is 12.3. The first kappa shape index (κ1) is 13.3. The lowest BCUT2D eigenvalue weighted by Crippen LogP contribution is -2.30. The van der Waals surface area contributed by atoms with Crippen LogP contribution in [0.5, 0.6) is 0 Å². The molecule has 0 saturated heterocycles. The quantitative estimate of drug-likeness (QED) is 0.864. The van der Waals surface area contributed by atoms with Crippen LogP contribution in [0, 0.1) is 0 Å². The van der Waals surface area contributed by atoms with Gasteiger partial charge in [0.1, 0.15) is 0 Å². The number of aryl methyl sites for hydroxylation is 2. The molecule has 0 aliphatic heterocycles. The van der Waals surface area contributed by atoms with Crippen LogP contribution in [-0.4, -0.2) is 22.8 Å². The summed E-state index contributed by atoms with van der Waals surface area (Å²) in [6.07, 6.45) is 3.39. The number of carbonyl (C=O) groups is 1. The summed E-state index contributed by atoms with van der Waals surface area (Å²) in [5.41, 5.74) is 5.54. The Morgan fingerprint density at radius 1 is 1.45 bits per heavy atom. The van der Waals surface area contributed by atoms with E-state index in [0.717, 1.165) is 25.0 Å². The van der Waals surface area contributed by atoms with E-state index in [9.17, 15) is 4.79 Å². The maximum Gasteiger partial charge on any atom is 0.223 e. The van der Waals surface area contributed by atoms with Crippen LogP contribution in [-0.2, 0) is 17.6 Å². The summed E-state index contributed by atoms with van der Waals surface area (Å²) in [6, 6.07) is 8.70. The van der Waals surface area contributed by atoms with Crippen molar-refractivity contribution in [2.45, 2.75) is 31.7 Å². The number of amides is 1. The Morgan fingerprint density at radius 3 is 3.10 bits per heavy atom. The van der Waals surface area contributed by atoms with Gasteiger partial charge in [-0.25, -0.2) is 4.98 Å². The molecule has 1 amide bonds. The van der Waals surface area contributed by atoms with Gasteiger partial charge in [0, 0.05) is 18.8 Å². The summed E-state index contributed by atoms with van der Waals surface area (Å²) >= 11 is 1.58. The Balaban J connectivity index is 1.64. The second-order valence-corrected chi connectivity index (χ2v) is 5.96. The SMILES string of the molecule is CN(C(=O)CCc1cscn1)C1CCc2ccccc21. The van der Waals surface area contributed by atoms with E-state index in [2.05, 4.69) is 29.2 Å².